The predicted molar refractivity (Wildman–Crippen MR) is 117 cm³/mol. The molecule has 29 heavy (non-hydrogen) atoms. The van der Waals surface area contributed by atoms with Crippen molar-refractivity contribution in [1.29, 1.82) is 0 Å². The summed E-state index contributed by atoms with van der Waals surface area (Å²) in [5, 5.41) is 1.14. The first-order valence-corrected chi connectivity index (χ1v) is 10.3. The van der Waals surface area contributed by atoms with Crippen molar-refractivity contribution >= 4 is 29.1 Å². The summed E-state index contributed by atoms with van der Waals surface area (Å²) >= 11 is 12.2. The Labute approximate surface area is 180 Å². The van der Waals surface area contributed by atoms with Gasteiger partial charge in [0, 0.05) is 16.6 Å². The molecule has 5 heteroatoms. The van der Waals surface area contributed by atoms with Crippen molar-refractivity contribution < 1.29 is 9.53 Å². The quantitative estimate of drug-likeness (QED) is 0.528. The lowest BCUT2D eigenvalue weighted by Gasteiger charge is -2.33. The second kappa shape index (κ2) is 9.00. The fraction of sp³-hybridized carbons (Fsp3) is 0.208. The van der Waals surface area contributed by atoms with Crippen molar-refractivity contribution in [2.45, 2.75) is 12.5 Å². The zero-order valence-electron chi connectivity index (χ0n) is 15.9. The smallest absolute Gasteiger partial charge is 0.227 e. The lowest BCUT2D eigenvalue weighted by atomic mass is 10.0. The highest BCUT2D eigenvalue weighted by Crippen LogP contribution is 2.28. The highest BCUT2D eigenvalue weighted by molar-refractivity contribution is 6.34. The van der Waals surface area contributed by atoms with E-state index in [-0.39, 0.29) is 12.0 Å². The zero-order chi connectivity index (χ0) is 20.2. The summed E-state index contributed by atoms with van der Waals surface area (Å²) in [6.07, 6.45) is 0.155. The molecular weight excluding hydrogens is 405 g/mol. The van der Waals surface area contributed by atoms with Gasteiger partial charge in [-0.1, -0.05) is 77.8 Å². The van der Waals surface area contributed by atoms with Gasteiger partial charge in [-0.15, -0.1) is 0 Å². The summed E-state index contributed by atoms with van der Waals surface area (Å²) in [7, 11) is 0. The Morgan fingerprint density at radius 2 is 1.59 bits per heavy atom. The van der Waals surface area contributed by atoms with E-state index in [9.17, 15) is 4.79 Å². The van der Waals surface area contributed by atoms with Crippen LogP contribution in [0.3, 0.4) is 0 Å². The molecule has 0 saturated carbocycles. The van der Waals surface area contributed by atoms with Gasteiger partial charge < -0.3 is 9.64 Å². The molecule has 4 rings (SSSR count). The normalized spacial score (nSPS) is 16.6. The van der Waals surface area contributed by atoms with Crippen molar-refractivity contribution in [3.63, 3.8) is 0 Å². The topological polar surface area (TPSA) is 29.5 Å². The lowest BCUT2D eigenvalue weighted by Crippen LogP contribution is -2.43. The summed E-state index contributed by atoms with van der Waals surface area (Å²) < 4.78 is 5.86. The maximum absolute atomic E-state index is 12.9. The van der Waals surface area contributed by atoms with Crippen molar-refractivity contribution in [3.05, 3.63) is 94.0 Å². The van der Waals surface area contributed by atoms with E-state index in [2.05, 4.69) is 24.3 Å². The molecule has 1 atom stereocenters. The van der Waals surface area contributed by atoms with Gasteiger partial charge in [0.05, 0.1) is 19.6 Å². The molecule has 0 bridgehead atoms. The van der Waals surface area contributed by atoms with Gasteiger partial charge in [-0.05, 0) is 40.5 Å². The third-order valence-electron chi connectivity index (χ3n) is 5.09. The molecule has 3 aromatic carbocycles. The molecule has 1 aliphatic heterocycles. The maximum atomic E-state index is 12.9. The minimum absolute atomic E-state index is 0.0962. The van der Waals surface area contributed by atoms with E-state index in [4.69, 9.17) is 27.9 Å². The summed E-state index contributed by atoms with van der Waals surface area (Å²) in [6, 6.07) is 23.8. The van der Waals surface area contributed by atoms with Crippen LogP contribution in [0.2, 0.25) is 10.0 Å². The Morgan fingerprint density at radius 3 is 2.28 bits per heavy atom. The van der Waals surface area contributed by atoms with Crippen molar-refractivity contribution in [3.8, 4) is 11.1 Å². The Morgan fingerprint density at radius 1 is 0.931 bits per heavy atom. The number of benzene rings is 3. The second-order valence-corrected chi connectivity index (χ2v) is 8.01. The van der Waals surface area contributed by atoms with Gasteiger partial charge in [0.25, 0.3) is 0 Å². The van der Waals surface area contributed by atoms with Crippen molar-refractivity contribution in [2.24, 2.45) is 0 Å². The number of hydrogen-bond donors (Lipinski definition) is 0. The van der Waals surface area contributed by atoms with Crippen molar-refractivity contribution in [2.75, 3.05) is 19.7 Å². The van der Waals surface area contributed by atoms with Crippen LogP contribution in [0.25, 0.3) is 11.1 Å². The van der Waals surface area contributed by atoms with E-state index in [0.29, 0.717) is 36.2 Å². The first kappa shape index (κ1) is 20.0. The summed E-state index contributed by atoms with van der Waals surface area (Å²) in [5.74, 6) is 0.0962. The van der Waals surface area contributed by atoms with Crippen LogP contribution in [0.15, 0.2) is 72.8 Å². The molecule has 148 valence electrons. The van der Waals surface area contributed by atoms with E-state index in [1.807, 2.05) is 47.4 Å². The van der Waals surface area contributed by atoms with E-state index < -0.39 is 0 Å². The molecule has 1 amide bonds. The van der Waals surface area contributed by atoms with Crippen LogP contribution >= 0.6 is 23.2 Å². The fourth-order valence-electron chi connectivity index (χ4n) is 3.57. The number of halogens is 2. The van der Waals surface area contributed by atoms with Gasteiger partial charge in [0.15, 0.2) is 0 Å². The van der Waals surface area contributed by atoms with Crippen LogP contribution in [0.1, 0.15) is 17.2 Å². The molecule has 3 aromatic rings. The number of morpholine rings is 1. The minimum Gasteiger partial charge on any atom is -0.370 e. The van der Waals surface area contributed by atoms with E-state index in [1.165, 1.54) is 5.56 Å². The van der Waals surface area contributed by atoms with E-state index in [1.54, 1.807) is 6.07 Å². The molecule has 0 aliphatic carbocycles. The SMILES string of the molecule is O=C(Cc1ccc(-c2ccccc2)cc1)N1CCOC(c2cc(Cl)cc(Cl)c2)C1. The van der Waals surface area contributed by atoms with E-state index >= 15 is 0 Å². The molecule has 0 spiro atoms. The maximum Gasteiger partial charge on any atom is 0.227 e. The van der Waals surface area contributed by atoms with Gasteiger partial charge in [0.1, 0.15) is 6.10 Å². The number of carbonyl (C=O) groups is 1. The number of carbonyl (C=O) groups excluding carboxylic acids is 1. The molecule has 3 nitrogen and oxygen atoms in total. The molecule has 1 saturated heterocycles. The van der Waals surface area contributed by atoms with Gasteiger partial charge in [-0.25, -0.2) is 0 Å². The van der Waals surface area contributed by atoms with Crippen LogP contribution in [-0.4, -0.2) is 30.5 Å². The Hall–Kier alpha value is -2.33. The Kier molecular flexibility index (Phi) is 6.19. The molecule has 0 aromatic heterocycles. The third-order valence-corrected chi connectivity index (χ3v) is 5.53. The largest absolute Gasteiger partial charge is 0.370 e. The third kappa shape index (κ3) is 4.99. The first-order chi connectivity index (χ1) is 14.1. The Balaban J connectivity index is 1.41. The van der Waals surface area contributed by atoms with Crippen LogP contribution in [0, 0.1) is 0 Å². The predicted octanol–water partition coefficient (Wildman–Crippen LogP) is 5.80. The monoisotopic (exact) mass is 425 g/mol. The van der Waals surface area contributed by atoms with E-state index in [0.717, 1.165) is 16.7 Å². The van der Waals surface area contributed by atoms with Crippen LogP contribution in [-0.2, 0) is 16.0 Å². The second-order valence-electron chi connectivity index (χ2n) is 7.14. The average Bonchev–Trinajstić information content (AvgIpc) is 2.74. The standard InChI is InChI=1S/C24H21Cl2NO2/c25-21-13-20(14-22(26)15-21)23-16-27(10-11-29-23)24(28)12-17-6-8-19(9-7-17)18-4-2-1-3-5-18/h1-9,13-15,23H,10-12,16H2. The molecule has 0 radical (unpaired) electrons. The molecular formula is C24H21Cl2NO2. The van der Waals surface area contributed by atoms with Crippen LogP contribution in [0.5, 0.6) is 0 Å². The minimum atomic E-state index is -0.218. The summed E-state index contributed by atoms with van der Waals surface area (Å²) in [4.78, 5) is 14.7. The van der Waals surface area contributed by atoms with Crippen molar-refractivity contribution in [1.82, 2.24) is 4.90 Å². The molecule has 1 unspecified atom stereocenters. The average molecular weight is 426 g/mol. The van der Waals surface area contributed by atoms with Gasteiger partial charge >= 0.3 is 0 Å². The highest BCUT2D eigenvalue weighted by Gasteiger charge is 2.26. The Bertz CT molecular complexity index is 969. The van der Waals surface area contributed by atoms with Crippen LogP contribution < -0.4 is 0 Å². The summed E-state index contributed by atoms with van der Waals surface area (Å²) in [5.41, 5.74) is 4.21. The number of hydrogen-bond acceptors (Lipinski definition) is 2. The molecule has 1 aliphatic rings. The van der Waals surface area contributed by atoms with Crippen LogP contribution in [0.4, 0.5) is 0 Å². The highest BCUT2D eigenvalue weighted by atomic mass is 35.5. The first-order valence-electron chi connectivity index (χ1n) is 9.58. The molecule has 0 N–H and O–H groups in total. The number of rotatable bonds is 4. The molecule has 1 fully saturated rings. The summed E-state index contributed by atoms with van der Waals surface area (Å²) in [6.45, 7) is 1.58. The van der Waals surface area contributed by atoms with Gasteiger partial charge in [-0.2, -0.15) is 0 Å². The fourth-order valence-corrected chi connectivity index (χ4v) is 4.11. The van der Waals surface area contributed by atoms with Gasteiger partial charge in [-0.3, -0.25) is 4.79 Å². The zero-order valence-corrected chi connectivity index (χ0v) is 17.4. The number of nitrogens with zero attached hydrogens (tertiary/aromatic N) is 1. The molecule has 1 heterocycles. The number of ether oxygens (including phenoxy) is 1. The number of amides is 1. The van der Waals surface area contributed by atoms with Gasteiger partial charge in [0.2, 0.25) is 5.91 Å². The lowest BCUT2D eigenvalue weighted by molar-refractivity contribution is -0.138.